The van der Waals surface area contributed by atoms with Crippen molar-refractivity contribution in [3.05, 3.63) is 0 Å². The summed E-state index contributed by atoms with van der Waals surface area (Å²) >= 11 is 0. The normalized spacial score (nSPS) is 20.7. The van der Waals surface area contributed by atoms with Crippen LogP contribution in [0, 0.1) is 11.3 Å². The minimum Gasteiger partial charge on any atom is -0.480 e. The predicted octanol–water partition coefficient (Wildman–Crippen LogP) is -0.206. The van der Waals surface area contributed by atoms with Crippen LogP contribution in [0.2, 0.25) is 0 Å². The second kappa shape index (κ2) is 5.22. The van der Waals surface area contributed by atoms with Gasteiger partial charge in [-0.05, 0) is 13.3 Å². The number of carboxylic acid groups (broad SMARTS) is 1. The van der Waals surface area contributed by atoms with Crippen LogP contribution < -0.4 is 0 Å². The van der Waals surface area contributed by atoms with E-state index in [0.717, 1.165) is 4.31 Å². The fourth-order valence-electron chi connectivity index (χ4n) is 1.76. The Morgan fingerprint density at radius 1 is 1.61 bits per heavy atom. The zero-order chi connectivity index (χ0) is 14.0. The molecule has 1 N–H and O–H groups in total. The maximum atomic E-state index is 11.9. The first-order valence-electron chi connectivity index (χ1n) is 5.49. The number of carbonyl (C=O) groups is 1. The lowest BCUT2D eigenvalue weighted by Crippen LogP contribution is -2.64. The molecule has 0 bridgehead atoms. The highest BCUT2D eigenvalue weighted by atomic mass is 32.2. The molecule has 1 unspecified atom stereocenters. The van der Waals surface area contributed by atoms with E-state index >= 15 is 0 Å². The van der Waals surface area contributed by atoms with Gasteiger partial charge in [-0.25, -0.2) is 13.2 Å². The Kier molecular flexibility index (Phi) is 4.32. The van der Waals surface area contributed by atoms with Crippen molar-refractivity contribution in [2.75, 3.05) is 19.7 Å². The molecule has 0 aromatic carbocycles. The molecule has 1 atom stereocenters. The van der Waals surface area contributed by atoms with E-state index < -0.39 is 33.5 Å². The van der Waals surface area contributed by atoms with Gasteiger partial charge in [0.25, 0.3) is 0 Å². The highest BCUT2D eigenvalue weighted by Gasteiger charge is 2.48. The Balaban J connectivity index is 2.61. The van der Waals surface area contributed by atoms with Crippen molar-refractivity contribution in [3.63, 3.8) is 0 Å². The number of sulfonamides is 1. The minimum atomic E-state index is -3.63. The molecule has 1 aliphatic heterocycles. The van der Waals surface area contributed by atoms with Gasteiger partial charge in [0, 0.05) is 13.1 Å². The van der Waals surface area contributed by atoms with E-state index in [1.54, 1.807) is 19.9 Å². The molecule has 0 spiro atoms. The average molecular weight is 276 g/mol. The van der Waals surface area contributed by atoms with Gasteiger partial charge >= 0.3 is 5.97 Å². The lowest BCUT2D eigenvalue weighted by molar-refractivity contribution is -0.157. The third-order valence-electron chi connectivity index (χ3n) is 2.80. The number of nitrogens with zero attached hydrogens (tertiary/aromatic N) is 2. The van der Waals surface area contributed by atoms with E-state index in [1.807, 2.05) is 0 Å². The molecule has 8 heteroatoms. The van der Waals surface area contributed by atoms with Gasteiger partial charge < -0.3 is 9.84 Å². The van der Waals surface area contributed by atoms with Crippen LogP contribution in [0.4, 0.5) is 0 Å². The molecule has 18 heavy (non-hydrogen) atoms. The van der Waals surface area contributed by atoms with Crippen LogP contribution >= 0.6 is 0 Å². The number of rotatable bonds is 6. The monoisotopic (exact) mass is 276 g/mol. The smallest absolute Gasteiger partial charge is 0.329 e. The Labute approximate surface area is 106 Å². The molecule has 0 aliphatic carbocycles. The van der Waals surface area contributed by atoms with Gasteiger partial charge in [0.15, 0.2) is 5.25 Å². The van der Waals surface area contributed by atoms with Gasteiger partial charge in [-0.3, -0.25) is 0 Å². The number of carboxylic acids is 1. The molecule has 0 aromatic heterocycles. The summed E-state index contributed by atoms with van der Waals surface area (Å²) < 4.78 is 30.1. The lowest BCUT2D eigenvalue weighted by Gasteiger charge is -2.46. The second-order valence-electron chi connectivity index (χ2n) is 4.47. The van der Waals surface area contributed by atoms with Crippen molar-refractivity contribution < 1.29 is 23.1 Å². The molecule has 1 fully saturated rings. The van der Waals surface area contributed by atoms with E-state index in [2.05, 4.69) is 0 Å². The Bertz CT molecular complexity index is 461. The van der Waals surface area contributed by atoms with Crippen LogP contribution in [0.5, 0.6) is 0 Å². The van der Waals surface area contributed by atoms with Gasteiger partial charge in [-0.2, -0.15) is 9.57 Å². The predicted molar refractivity (Wildman–Crippen MR) is 62.2 cm³/mol. The lowest BCUT2D eigenvalue weighted by atomic mass is 10.0. The van der Waals surface area contributed by atoms with Crippen LogP contribution in [0.15, 0.2) is 0 Å². The standard InChI is InChI=1S/C10H16N2O5S/c1-3-8(4-11)18(15,16)12-6-10(2,7-12)17-5-9(13)14/h8H,3,5-7H2,1-2H3,(H,13,14). The van der Waals surface area contributed by atoms with Crippen LogP contribution in [0.1, 0.15) is 20.3 Å². The van der Waals surface area contributed by atoms with Crippen molar-refractivity contribution in [1.82, 2.24) is 4.31 Å². The fraction of sp³-hybridized carbons (Fsp3) is 0.800. The Hall–Kier alpha value is -1.17. The van der Waals surface area contributed by atoms with Crippen molar-refractivity contribution in [3.8, 4) is 6.07 Å². The summed E-state index contributed by atoms with van der Waals surface area (Å²) in [6.07, 6.45) is 0.224. The van der Waals surface area contributed by atoms with Gasteiger partial charge in [-0.15, -0.1) is 0 Å². The first-order chi connectivity index (χ1) is 8.25. The maximum absolute atomic E-state index is 11.9. The molecule has 0 saturated carbocycles. The molecule has 1 heterocycles. The summed E-state index contributed by atoms with van der Waals surface area (Å²) in [6, 6.07) is 1.75. The van der Waals surface area contributed by atoms with Crippen molar-refractivity contribution >= 4 is 16.0 Å². The molecule has 0 aromatic rings. The van der Waals surface area contributed by atoms with E-state index in [9.17, 15) is 13.2 Å². The zero-order valence-corrected chi connectivity index (χ0v) is 11.1. The molecule has 0 amide bonds. The highest BCUT2D eigenvalue weighted by molar-refractivity contribution is 7.90. The molecule has 1 rings (SSSR count). The number of hydrogen-bond acceptors (Lipinski definition) is 5. The first-order valence-corrected chi connectivity index (χ1v) is 7.00. The molecular formula is C10H16N2O5S. The summed E-state index contributed by atoms with van der Waals surface area (Å²) in [5, 5.41) is 16.2. The van der Waals surface area contributed by atoms with E-state index in [0.29, 0.717) is 0 Å². The number of nitriles is 1. The highest BCUT2D eigenvalue weighted by Crippen LogP contribution is 2.29. The first kappa shape index (κ1) is 14.9. The van der Waals surface area contributed by atoms with Gasteiger partial charge in [0.2, 0.25) is 10.0 Å². The van der Waals surface area contributed by atoms with E-state index in [-0.39, 0.29) is 19.5 Å². The van der Waals surface area contributed by atoms with Gasteiger partial charge in [0.05, 0.1) is 11.7 Å². The van der Waals surface area contributed by atoms with E-state index in [4.69, 9.17) is 15.1 Å². The fourth-order valence-corrected chi connectivity index (χ4v) is 3.58. The molecular weight excluding hydrogens is 260 g/mol. The molecule has 1 aliphatic rings. The SMILES string of the molecule is CCC(C#N)S(=O)(=O)N1CC(C)(OCC(=O)O)C1. The number of hydrogen-bond donors (Lipinski definition) is 1. The van der Waals surface area contributed by atoms with Crippen LogP contribution in [-0.4, -0.2) is 54.3 Å². The maximum Gasteiger partial charge on any atom is 0.329 e. The molecule has 7 nitrogen and oxygen atoms in total. The van der Waals surface area contributed by atoms with Crippen LogP contribution in [0.3, 0.4) is 0 Å². The zero-order valence-electron chi connectivity index (χ0n) is 10.3. The summed E-state index contributed by atoms with van der Waals surface area (Å²) in [4.78, 5) is 10.4. The van der Waals surface area contributed by atoms with Crippen LogP contribution in [0.25, 0.3) is 0 Å². The van der Waals surface area contributed by atoms with Crippen molar-refractivity contribution in [2.45, 2.75) is 31.1 Å². The summed E-state index contributed by atoms with van der Waals surface area (Å²) in [6.45, 7) is 2.99. The minimum absolute atomic E-state index is 0.0841. The van der Waals surface area contributed by atoms with Gasteiger partial charge in [0.1, 0.15) is 6.61 Å². The largest absolute Gasteiger partial charge is 0.480 e. The number of aliphatic carboxylic acids is 1. The summed E-state index contributed by atoms with van der Waals surface area (Å²) in [7, 11) is -3.63. The quantitative estimate of drug-likeness (QED) is 0.719. The average Bonchev–Trinajstić information content (AvgIpc) is 2.23. The summed E-state index contributed by atoms with van der Waals surface area (Å²) in [5.74, 6) is -1.10. The second-order valence-corrected chi connectivity index (χ2v) is 6.59. The molecule has 1 saturated heterocycles. The Morgan fingerprint density at radius 3 is 2.56 bits per heavy atom. The summed E-state index contributed by atoms with van der Waals surface area (Å²) in [5.41, 5.74) is -0.779. The van der Waals surface area contributed by atoms with Crippen molar-refractivity contribution in [2.24, 2.45) is 0 Å². The van der Waals surface area contributed by atoms with Crippen LogP contribution in [-0.2, 0) is 19.6 Å². The topological polar surface area (TPSA) is 108 Å². The molecule has 0 radical (unpaired) electrons. The Morgan fingerprint density at radius 2 is 2.17 bits per heavy atom. The number of ether oxygens (including phenoxy) is 1. The van der Waals surface area contributed by atoms with Crippen molar-refractivity contribution in [1.29, 1.82) is 5.26 Å². The van der Waals surface area contributed by atoms with Gasteiger partial charge in [-0.1, -0.05) is 6.92 Å². The van der Waals surface area contributed by atoms with E-state index in [1.165, 1.54) is 0 Å². The third-order valence-corrected chi connectivity index (χ3v) is 4.94. The third kappa shape index (κ3) is 2.98. The molecule has 102 valence electrons.